The molecule has 4 heteroatoms. The second-order valence-electron chi connectivity index (χ2n) is 7.95. The van der Waals surface area contributed by atoms with Gasteiger partial charge in [-0.1, -0.05) is 31.6 Å². The van der Waals surface area contributed by atoms with Gasteiger partial charge in [-0.3, -0.25) is 9.78 Å². The molecule has 0 saturated heterocycles. The van der Waals surface area contributed by atoms with Crippen LogP contribution < -0.4 is 10.1 Å². The van der Waals surface area contributed by atoms with Crippen molar-refractivity contribution in [3.05, 3.63) is 77.1 Å². The van der Waals surface area contributed by atoms with E-state index in [1.807, 2.05) is 24.4 Å². The Hall–Kier alpha value is -2.88. The molecule has 0 unspecified atom stereocenters. The average Bonchev–Trinajstić information content (AvgIpc) is 3.10. The fraction of sp³-hybridized carbons (Fsp3) is 0.385. The predicted molar refractivity (Wildman–Crippen MR) is 122 cm³/mol. The summed E-state index contributed by atoms with van der Waals surface area (Å²) in [6.45, 7) is 4.25. The number of nitrogens with zero attached hydrogens (tertiary/aromatic N) is 1. The molecular formula is C26H32N2O2. The van der Waals surface area contributed by atoms with E-state index in [0.29, 0.717) is 0 Å². The molecule has 1 aliphatic carbocycles. The molecule has 158 valence electrons. The number of nitrogens with one attached hydrogen (secondary N) is 1. The number of pyridine rings is 1. The first-order valence-corrected chi connectivity index (χ1v) is 10.9. The van der Waals surface area contributed by atoms with Crippen molar-refractivity contribution in [3.8, 4) is 5.75 Å². The first-order chi connectivity index (χ1) is 14.6. The number of allylic oxidation sites excluding steroid dienone is 3. The van der Waals surface area contributed by atoms with Crippen LogP contribution in [-0.2, 0) is 17.6 Å². The van der Waals surface area contributed by atoms with Gasteiger partial charge in [-0.15, -0.1) is 0 Å². The quantitative estimate of drug-likeness (QED) is 0.548. The Bertz CT molecular complexity index is 916. The number of ether oxygens (including phenoxy) is 1. The van der Waals surface area contributed by atoms with Crippen LogP contribution in [0.2, 0.25) is 0 Å². The molecule has 4 nitrogen and oxygen atoms in total. The minimum absolute atomic E-state index is 0.0271. The monoisotopic (exact) mass is 404 g/mol. The van der Waals surface area contributed by atoms with Crippen molar-refractivity contribution >= 4 is 11.5 Å². The van der Waals surface area contributed by atoms with Crippen molar-refractivity contribution in [2.75, 3.05) is 7.11 Å². The molecule has 0 saturated carbocycles. The third-order valence-electron chi connectivity index (χ3n) is 5.56. The summed E-state index contributed by atoms with van der Waals surface area (Å²) in [4.78, 5) is 16.6. The number of carbonyl (C=O) groups is 1. The first kappa shape index (κ1) is 21.8. The number of fused-ring (bicyclic) bond motifs is 1. The molecule has 0 spiro atoms. The summed E-state index contributed by atoms with van der Waals surface area (Å²) >= 11 is 0. The third kappa shape index (κ3) is 5.82. The molecule has 1 N–H and O–H groups in total. The molecule has 0 fully saturated rings. The second-order valence-corrected chi connectivity index (χ2v) is 7.95. The van der Waals surface area contributed by atoms with Gasteiger partial charge >= 0.3 is 0 Å². The molecule has 30 heavy (non-hydrogen) atoms. The number of hydrogen-bond acceptors (Lipinski definition) is 3. The van der Waals surface area contributed by atoms with Gasteiger partial charge in [0.1, 0.15) is 5.75 Å². The number of rotatable bonds is 10. The highest BCUT2D eigenvalue weighted by Gasteiger charge is 2.20. The van der Waals surface area contributed by atoms with Gasteiger partial charge in [-0.25, -0.2) is 0 Å². The Kier molecular flexibility index (Phi) is 7.83. The summed E-state index contributed by atoms with van der Waals surface area (Å²) in [5.74, 6) is 0.855. The lowest BCUT2D eigenvalue weighted by Crippen LogP contribution is -2.31. The smallest absolute Gasteiger partial charge is 0.244 e. The molecule has 3 rings (SSSR count). The highest BCUT2D eigenvalue weighted by molar-refractivity contribution is 5.89. The maximum atomic E-state index is 12.4. The Morgan fingerprint density at radius 2 is 2.17 bits per heavy atom. The third-order valence-corrected chi connectivity index (χ3v) is 5.56. The summed E-state index contributed by atoms with van der Waals surface area (Å²) < 4.78 is 5.37. The Labute approximate surface area is 180 Å². The lowest BCUT2D eigenvalue weighted by atomic mass is 10.0. The molecule has 1 atom stereocenters. The second kappa shape index (κ2) is 10.8. The largest absolute Gasteiger partial charge is 0.497 e. The number of benzene rings is 1. The van der Waals surface area contributed by atoms with E-state index in [1.165, 1.54) is 27.8 Å². The predicted octanol–water partition coefficient (Wildman–Crippen LogP) is 5.28. The van der Waals surface area contributed by atoms with Crippen LogP contribution >= 0.6 is 0 Å². The van der Waals surface area contributed by atoms with Gasteiger partial charge in [-0.2, -0.15) is 0 Å². The van der Waals surface area contributed by atoms with Crippen molar-refractivity contribution in [2.24, 2.45) is 0 Å². The summed E-state index contributed by atoms with van der Waals surface area (Å²) in [6, 6.07) is 10.5. The van der Waals surface area contributed by atoms with Crippen LogP contribution in [0.15, 0.2) is 60.5 Å². The molecule has 0 aliphatic heterocycles. The lowest BCUT2D eigenvalue weighted by molar-refractivity contribution is -0.117. The zero-order chi connectivity index (χ0) is 21.3. The fourth-order valence-corrected chi connectivity index (χ4v) is 4.03. The maximum absolute atomic E-state index is 12.4. The van der Waals surface area contributed by atoms with Gasteiger partial charge < -0.3 is 10.1 Å². The molecule has 1 amide bonds. The van der Waals surface area contributed by atoms with E-state index >= 15 is 0 Å². The van der Waals surface area contributed by atoms with Crippen molar-refractivity contribution in [1.29, 1.82) is 0 Å². The minimum Gasteiger partial charge on any atom is -0.497 e. The van der Waals surface area contributed by atoms with Gasteiger partial charge in [0.2, 0.25) is 5.91 Å². The average molecular weight is 405 g/mol. The number of aryl methyl sites for hydroxylation is 1. The molecule has 1 heterocycles. The zero-order valence-electron chi connectivity index (χ0n) is 18.3. The van der Waals surface area contributed by atoms with Gasteiger partial charge in [0.25, 0.3) is 0 Å². The molecule has 1 aromatic carbocycles. The topological polar surface area (TPSA) is 51.2 Å². The fourth-order valence-electron chi connectivity index (χ4n) is 4.03. The van der Waals surface area contributed by atoms with E-state index in [4.69, 9.17) is 4.74 Å². The molecule has 1 aromatic heterocycles. The Morgan fingerprint density at radius 1 is 1.30 bits per heavy atom. The number of amides is 1. The summed E-state index contributed by atoms with van der Waals surface area (Å²) in [5.41, 5.74) is 6.40. The molecular weight excluding hydrogens is 372 g/mol. The summed E-state index contributed by atoms with van der Waals surface area (Å²) in [5, 5.41) is 3.09. The number of methoxy groups -OCH3 is 1. The van der Waals surface area contributed by atoms with Crippen LogP contribution in [0.3, 0.4) is 0 Å². The number of hydrogen-bond donors (Lipinski definition) is 1. The van der Waals surface area contributed by atoms with Crippen LogP contribution in [0.1, 0.15) is 56.2 Å². The van der Waals surface area contributed by atoms with Gasteiger partial charge in [0.15, 0.2) is 0 Å². The van der Waals surface area contributed by atoms with E-state index in [2.05, 4.69) is 42.3 Å². The van der Waals surface area contributed by atoms with Crippen molar-refractivity contribution in [3.63, 3.8) is 0 Å². The van der Waals surface area contributed by atoms with E-state index in [-0.39, 0.29) is 11.9 Å². The van der Waals surface area contributed by atoms with Crippen LogP contribution in [0.4, 0.5) is 0 Å². The zero-order valence-corrected chi connectivity index (χ0v) is 18.3. The van der Waals surface area contributed by atoms with Crippen molar-refractivity contribution in [1.82, 2.24) is 10.3 Å². The first-order valence-electron chi connectivity index (χ1n) is 10.9. The minimum atomic E-state index is -0.0271. The number of aromatic nitrogens is 1. The summed E-state index contributed by atoms with van der Waals surface area (Å²) in [6.07, 6.45) is 13.3. The number of carbonyl (C=O) groups excluding carboxylic acids is 1. The van der Waals surface area contributed by atoms with E-state index in [9.17, 15) is 4.79 Å². The van der Waals surface area contributed by atoms with Crippen LogP contribution in [0.5, 0.6) is 5.75 Å². The van der Waals surface area contributed by atoms with Crippen LogP contribution in [0, 0.1) is 0 Å². The van der Waals surface area contributed by atoms with Crippen molar-refractivity contribution < 1.29 is 9.53 Å². The van der Waals surface area contributed by atoms with Crippen molar-refractivity contribution in [2.45, 2.75) is 58.4 Å². The Balaban J connectivity index is 1.54. The maximum Gasteiger partial charge on any atom is 0.244 e. The highest BCUT2D eigenvalue weighted by Crippen LogP contribution is 2.38. The Morgan fingerprint density at radius 3 is 2.90 bits per heavy atom. The lowest BCUT2D eigenvalue weighted by Gasteiger charge is -2.12. The molecule has 0 bridgehead atoms. The van der Waals surface area contributed by atoms with Gasteiger partial charge in [0.05, 0.1) is 7.11 Å². The summed E-state index contributed by atoms with van der Waals surface area (Å²) in [7, 11) is 1.69. The van der Waals surface area contributed by atoms with Crippen LogP contribution in [0.25, 0.3) is 5.57 Å². The van der Waals surface area contributed by atoms with Crippen LogP contribution in [-0.4, -0.2) is 24.0 Å². The molecule has 0 radical (unpaired) electrons. The van der Waals surface area contributed by atoms with E-state index in [0.717, 1.165) is 44.3 Å². The normalized spacial score (nSPS) is 14.1. The molecule has 2 aromatic rings. The SMILES string of the molecule is CCCC1=C(C=CC(=O)N[C@H](C)CCCc2cccnc2)Cc2cc(OC)ccc21. The van der Waals surface area contributed by atoms with Gasteiger partial charge in [0, 0.05) is 24.5 Å². The van der Waals surface area contributed by atoms with Gasteiger partial charge in [-0.05, 0) is 85.1 Å². The highest BCUT2D eigenvalue weighted by atomic mass is 16.5. The standard InChI is InChI=1S/C26H32N2O2/c1-4-7-24-21(16-22-17-23(30-3)12-13-25(22)24)11-14-26(29)28-19(2)8-5-9-20-10-6-15-27-18-20/h6,10-15,17-19H,4-5,7-9,16H2,1-3H3,(H,28,29)/t19-/m1/s1. The van der Waals surface area contributed by atoms with E-state index in [1.54, 1.807) is 19.4 Å². The molecule has 1 aliphatic rings. The van der Waals surface area contributed by atoms with E-state index < -0.39 is 0 Å².